The molecule has 4 rings (SSSR count). The fraction of sp³-hybridized carbons (Fsp3) is 0.323. The minimum Gasteiger partial charge on any atom is -0.492 e. The van der Waals surface area contributed by atoms with E-state index in [1.807, 2.05) is 18.2 Å². The van der Waals surface area contributed by atoms with Crippen molar-refractivity contribution in [3.63, 3.8) is 0 Å². The van der Waals surface area contributed by atoms with Crippen LogP contribution in [0.2, 0.25) is 10.0 Å². The van der Waals surface area contributed by atoms with Crippen LogP contribution in [0.15, 0.2) is 59.0 Å². The normalized spacial score (nSPS) is 11.0. The molecule has 41 heavy (non-hydrogen) atoms. The Hall–Kier alpha value is -3.59. The van der Waals surface area contributed by atoms with Gasteiger partial charge < -0.3 is 23.4 Å². The second-order valence-electron chi connectivity index (χ2n) is 9.26. The topological polar surface area (TPSA) is 97.1 Å². The van der Waals surface area contributed by atoms with Crippen molar-refractivity contribution < 1.29 is 33.0 Å². The number of fused-ring (bicyclic) bond motifs is 1. The number of rotatable bonds is 15. The van der Waals surface area contributed by atoms with Gasteiger partial charge in [-0.3, -0.25) is 9.59 Å². The summed E-state index contributed by atoms with van der Waals surface area (Å²) in [5.74, 6) is 1.29. The van der Waals surface area contributed by atoms with Crippen LogP contribution in [0.25, 0.3) is 22.6 Å². The van der Waals surface area contributed by atoms with Crippen molar-refractivity contribution in [2.24, 2.45) is 0 Å². The lowest BCUT2D eigenvalue weighted by Gasteiger charge is -2.11. The Morgan fingerprint density at radius 1 is 0.854 bits per heavy atom. The summed E-state index contributed by atoms with van der Waals surface area (Å²) in [7, 11) is 1.37. The highest BCUT2D eigenvalue weighted by Crippen LogP contribution is 2.32. The zero-order valence-electron chi connectivity index (χ0n) is 22.9. The summed E-state index contributed by atoms with van der Waals surface area (Å²) in [6, 6.07) is 16.0. The number of oxazole rings is 1. The van der Waals surface area contributed by atoms with Gasteiger partial charge in [0.1, 0.15) is 17.0 Å². The number of ketones is 1. The fourth-order valence-corrected chi connectivity index (χ4v) is 4.46. The first kappa shape index (κ1) is 30.4. The average molecular weight is 600 g/mol. The number of aryl methyl sites for hydroxylation is 1. The third-order valence-corrected chi connectivity index (χ3v) is 6.79. The lowest BCUT2D eigenvalue weighted by Crippen LogP contribution is -2.07. The number of carbonyl (C=O) groups is 2. The Bertz CT molecular complexity index is 1500. The predicted molar refractivity (Wildman–Crippen MR) is 157 cm³/mol. The molecule has 4 aromatic rings. The lowest BCUT2D eigenvalue weighted by molar-refractivity contribution is -0.140. The standard InChI is InChI=1S/C31H31Cl2NO7/c1-20(35)22-7-9-26-29(19-22)41-31(34-26)23-8-11-28(25(33)18-23)40-16-4-14-38-13-3-15-39-27-10-5-21(17-24(27)32)6-12-30(36)37-2/h5,7-11,17-19H,3-4,6,12-16H2,1-2H3. The summed E-state index contributed by atoms with van der Waals surface area (Å²) in [5, 5.41) is 0.955. The average Bonchev–Trinajstić information content (AvgIpc) is 3.40. The van der Waals surface area contributed by atoms with Crippen LogP contribution in [0, 0.1) is 0 Å². The zero-order valence-corrected chi connectivity index (χ0v) is 24.4. The highest BCUT2D eigenvalue weighted by atomic mass is 35.5. The number of esters is 1. The van der Waals surface area contributed by atoms with Gasteiger partial charge in [-0.25, -0.2) is 4.98 Å². The number of carbonyl (C=O) groups excluding carboxylic acids is 2. The van der Waals surface area contributed by atoms with Crippen LogP contribution in [-0.2, 0) is 20.7 Å². The van der Waals surface area contributed by atoms with Crippen LogP contribution < -0.4 is 9.47 Å². The predicted octanol–water partition coefficient (Wildman–Crippen LogP) is 7.36. The molecule has 10 heteroatoms. The molecule has 0 amide bonds. The Kier molecular flexibility index (Phi) is 11.0. The summed E-state index contributed by atoms with van der Waals surface area (Å²) >= 11 is 12.7. The Morgan fingerprint density at radius 3 is 2.17 bits per heavy atom. The van der Waals surface area contributed by atoms with Gasteiger partial charge in [-0.15, -0.1) is 0 Å². The van der Waals surface area contributed by atoms with Crippen molar-refractivity contribution in [1.29, 1.82) is 0 Å². The molecule has 0 radical (unpaired) electrons. The monoisotopic (exact) mass is 599 g/mol. The third kappa shape index (κ3) is 8.70. The highest BCUT2D eigenvalue weighted by Gasteiger charge is 2.13. The smallest absolute Gasteiger partial charge is 0.305 e. The van der Waals surface area contributed by atoms with Crippen molar-refractivity contribution in [2.45, 2.75) is 32.6 Å². The van der Waals surface area contributed by atoms with E-state index >= 15 is 0 Å². The van der Waals surface area contributed by atoms with Gasteiger partial charge in [0.2, 0.25) is 5.89 Å². The zero-order chi connectivity index (χ0) is 29.2. The van der Waals surface area contributed by atoms with Gasteiger partial charge in [0.05, 0.1) is 30.4 Å². The van der Waals surface area contributed by atoms with E-state index < -0.39 is 0 Å². The largest absolute Gasteiger partial charge is 0.492 e. The Morgan fingerprint density at radius 2 is 1.54 bits per heavy atom. The van der Waals surface area contributed by atoms with Gasteiger partial charge in [-0.2, -0.15) is 0 Å². The molecule has 0 spiro atoms. The number of Topliss-reactive ketones (excluding diaryl/α,β-unsaturated/α-hetero) is 1. The Labute approximate surface area is 248 Å². The molecule has 0 saturated carbocycles. The first-order valence-electron chi connectivity index (χ1n) is 13.2. The molecule has 3 aromatic carbocycles. The van der Waals surface area contributed by atoms with E-state index in [0.29, 0.717) is 102 Å². The molecule has 0 fully saturated rings. The van der Waals surface area contributed by atoms with Crippen LogP contribution in [-0.4, -0.2) is 50.3 Å². The van der Waals surface area contributed by atoms with Gasteiger partial charge >= 0.3 is 5.97 Å². The maximum absolute atomic E-state index is 11.6. The molecule has 1 heterocycles. The molecule has 0 N–H and O–H groups in total. The number of benzene rings is 3. The molecular formula is C31H31Cl2NO7. The van der Waals surface area contributed by atoms with Crippen LogP contribution in [0.5, 0.6) is 11.5 Å². The van der Waals surface area contributed by atoms with E-state index in [0.717, 1.165) is 5.56 Å². The first-order valence-corrected chi connectivity index (χ1v) is 14.0. The summed E-state index contributed by atoms with van der Waals surface area (Å²) in [6.45, 7) is 3.51. The number of hydrogen-bond acceptors (Lipinski definition) is 8. The lowest BCUT2D eigenvalue weighted by atomic mass is 10.1. The summed E-state index contributed by atoms with van der Waals surface area (Å²) in [6.07, 6.45) is 2.27. The molecule has 216 valence electrons. The minimum atomic E-state index is -0.254. The number of aromatic nitrogens is 1. The maximum Gasteiger partial charge on any atom is 0.305 e. The van der Waals surface area contributed by atoms with E-state index in [1.54, 1.807) is 36.4 Å². The van der Waals surface area contributed by atoms with Gasteiger partial charge in [-0.05, 0) is 67.4 Å². The molecule has 0 saturated heterocycles. The van der Waals surface area contributed by atoms with Gasteiger partial charge in [-0.1, -0.05) is 29.3 Å². The van der Waals surface area contributed by atoms with E-state index in [2.05, 4.69) is 9.72 Å². The van der Waals surface area contributed by atoms with Crippen LogP contribution in [0.1, 0.15) is 42.1 Å². The van der Waals surface area contributed by atoms with Crippen LogP contribution >= 0.6 is 23.2 Å². The Balaban J connectivity index is 1.13. The second-order valence-corrected chi connectivity index (χ2v) is 10.1. The van der Waals surface area contributed by atoms with Gasteiger partial charge in [0.25, 0.3) is 0 Å². The SMILES string of the molecule is COC(=O)CCc1ccc(OCCCOCCCOc2ccc(-c3nc4ccc(C(C)=O)cc4o3)cc2Cl)c(Cl)c1. The molecular weight excluding hydrogens is 569 g/mol. The highest BCUT2D eigenvalue weighted by molar-refractivity contribution is 6.32. The van der Waals surface area contributed by atoms with E-state index in [-0.39, 0.29) is 11.8 Å². The molecule has 8 nitrogen and oxygen atoms in total. The molecule has 0 atom stereocenters. The third-order valence-electron chi connectivity index (χ3n) is 6.20. The van der Waals surface area contributed by atoms with E-state index in [4.69, 9.17) is 41.8 Å². The molecule has 0 aliphatic carbocycles. The quantitative estimate of drug-likeness (QED) is 0.0793. The van der Waals surface area contributed by atoms with Crippen molar-refractivity contribution in [3.8, 4) is 23.0 Å². The van der Waals surface area contributed by atoms with E-state index in [1.165, 1.54) is 14.0 Å². The van der Waals surface area contributed by atoms with Crippen molar-refractivity contribution >= 4 is 46.1 Å². The molecule has 0 bridgehead atoms. The molecule has 0 aliphatic rings. The number of hydrogen-bond donors (Lipinski definition) is 0. The summed E-state index contributed by atoms with van der Waals surface area (Å²) in [4.78, 5) is 27.4. The molecule has 0 aliphatic heterocycles. The van der Waals surface area contributed by atoms with Crippen molar-refractivity contribution in [3.05, 3.63) is 75.8 Å². The second kappa shape index (κ2) is 14.9. The minimum absolute atomic E-state index is 0.0348. The maximum atomic E-state index is 11.6. The summed E-state index contributed by atoms with van der Waals surface area (Å²) < 4.78 is 27.7. The van der Waals surface area contributed by atoms with Crippen molar-refractivity contribution in [2.75, 3.05) is 33.5 Å². The number of halogens is 2. The van der Waals surface area contributed by atoms with Crippen molar-refractivity contribution in [1.82, 2.24) is 4.98 Å². The number of nitrogens with zero attached hydrogens (tertiary/aromatic N) is 1. The van der Waals surface area contributed by atoms with Crippen LogP contribution in [0.3, 0.4) is 0 Å². The molecule has 1 aromatic heterocycles. The summed E-state index contributed by atoms with van der Waals surface area (Å²) in [5.41, 5.74) is 3.44. The van der Waals surface area contributed by atoms with E-state index in [9.17, 15) is 9.59 Å². The van der Waals surface area contributed by atoms with Gasteiger partial charge in [0, 0.05) is 43.6 Å². The van der Waals surface area contributed by atoms with Crippen LogP contribution in [0.4, 0.5) is 0 Å². The molecule has 0 unspecified atom stereocenters. The first-order chi connectivity index (χ1) is 19.8. The number of ether oxygens (including phenoxy) is 4. The van der Waals surface area contributed by atoms with Gasteiger partial charge in [0.15, 0.2) is 11.4 Å². The fourth-order valence-electron chi connectivity index (χ4n) is 3.97. The number of methoxy groups -OCH3 is 1.